The second-order valence-corrected chi connectivity index (χ2v) is 9.07. The van der Waals surface area contributed by atoms with Crippen LogP contribution in [0.5, 0.6) is 0 Å². The zero-order valence-electron chi connectivity index (χ0n) is 16.8. The average Bonchev–Trinajstić information content (AvgIpc) is 3.18. The molecule has 1 aliphatic heterocycles. The van der Waals surface area contributed by atoms with E-state index in [4.69, 9.17) is 9.72 Å². The van der Waals surface area contributed by atoms with Crippen molar-refractivity contribution in [3.8, 4) is 11.3 Å². The van der Waals surface area contributed by atoms with Crippen molar-refractivity contribution >= 4 is 28.0 Å². The third-order valence-corrected chi connectivity index (χ3v) is 5.87. The van der Waals surface area contributed by atoms with Gasteiger partial charge in [-0.3, -0.25) is 9.20 Å². The van der Waals surface area contributed by atoms with Crippen molar-refractivity contribution in [1.82, 2.24) is 14.3 Å². The first kappa shape index (κ1) is 19.0. The topological polar surface area (TPSA) is 58.9 Å². The van der Waals surface area contributed by atoms with Crippen molar-refractivity contribution in [2.75, 3.05) is 31.6 Å². The molecule has 0 saturated carbocycles. The number of imidazole rings is 1. The molecule has 0 aliphatic carbocycles. The molecule has 4 rings (SSSR count). The quantitative estimate of drug-likeness (QED) is 0.723. The van der Waals surface area contributed by atoms with E-state index in [0.29, 0.717) is 26.3 Å². The van der Waals surface area contributed by atoms with Gasteiger partial charge in [0.25, 0.3) is 5.91 Å². The van der Waals surface area contributed by atoms with E-state index in [-0.39, 0.29) is 11.4 Å². The molecule has 1 fully saturated rings. The van der Waals surface area contributed by atoms with Crippen LogP contribution < -0.4 is 5.32 Å². The zero-order chi connectivity index (χ0) is 19.9. The van der Waals surface area contributed by atoms with Crippen LogP contribution in [0.15, 0.2) is 30.3 Å². The predicted octanol–water partition coefficient (Wildman–Crippen LogP) is 4.05. The number of ether oxygens (including phenoxy) is 1. The molecule has 7 heteroatoms. The Kier molecular flexibility index (Phi) is 4.89. The Labute approximate surface area is 169 Å². The summed E-state index contributed by atoms with van der Waals surface area (Å²) in [5.41, 5.74) is 2.76. The number of carbonyl (C=O) groups excluding carboxylic acids is 1. The van der Waals surface area contributed by atoms with Gasteiger partial charge >= 0.3 is 0 Å². The van der Waals surface area contributed by atoms with Gasteiger partial charge < -0.3 is 15.0 Å². The van der Waals surface area contributed by atoms with Crippen LogP contribution in [0.3, 0.4) is 0 Å². The van der Waals surface area contributed by atoms with Gasteiger partial charge in [0.15, 0.2) is 4.96 Å². The Hall–Kier alpha value is -2.38. The van der Waals surface area contributed by atoms with E-state index in [1.165, 1.54) is 11.3 Å². The van der Waals surface area contributed by atoms with Crippen LogP contribution in [-0.2, 0) is 4.74 Å². The first-order valence-electron chi connectivity index (χ1n) is 9.57. The van der Waals surface area contributed by atoms with E-state index in [1.807, 2.05) is 30.0 Å². The van der Waals surface area contributed by atoms with Gasteiger partial charge in [-0.2, -0.15) is 0 Å². The summed E-state index contributed by atoms with van der Waals surface area (Å²) in [6, 6.07) is 10.2. The molecule has 3 heterocycles. The first-order valence-corrected chi connectivity index (χ1v) is 10.4. The Balaban J connectivity index is 1.83. The first-order chi connectivity index (χ1) is 13.3. The summed E-state index contributed by atoms with van der Waals surface area (Å²) in [5, 5.41) is 3.61. The SMILES string of the molecule is Cc1c(C(=O)N2CCOCC2)sc2nc(-c3ccccc3)c(NC(C)(C)C)n12. The fourth-order valence-corrected chi connectivity index (χ4v) is 4.52. The number of aryl methyl sites for hydroxylation is 1. The molecule has 3 aromatic rings. The highest BCUT2D eigenvalue weighted by Crippen LogP contribution is 2.36. The molecule has 1 saturated heterocycles. The summed E-state index contributed by atoms with van der Waals surface area (Å²) in [6.45, 7) is 10.9. The monoisotopic (exact) mass is 398 g/mol. The number of benzene rings is 1. The van der Waals surface area contributed by atoms with Gasteiger partial charge in [-0.05, 0) is 27.7 Å². The van der Waals surface area contributed by atoms with Crippen LogP contribution in [0.25, 0.3) is 16.2 Å². The number of carbonyl (C=O) groups is 1. The van der Waals surface area contributed by atoms with Crippen LogP contribution in [0.4, 0.5) is 5.82 Å². The molecule has 148 valence electrons. The van der Waals surface area contributed by atoms with Crippen LogP contribution in [-0.4, -0.2) is 52.0 Å². The highest BCUT2D eigenvalue weighted by molar-refractivity contribution is 7.19. The minimum atomic E-state index is -0.137. The second-order valence-electron chi connectivity index (χ2n) is 8.09. The Morgan fingerprint density at radius 2 is 1.86 bits per heavy atom. The van der Waals surface area contributed by atoms with Crippen LogP contribution >= 0.6 is 11.3 Å². The normalized spacial score (nSPS) is 15.2. The third kappa shape index (κ3) is 3.52. The number of nitrogens with one attached hydrogen (secondary N) is 1. The second kappa shape index (κ2) is 7.22. The van der Waals surface area contributed by atoms with E-state index < -0.39 is 0 Å². The van der Waals surface area contributed by atoms with E-state index >= 15 is 0 Å². The third-order valence-electron chi connectivity index (χ3n) is 4.74. The maximum atomic E-state index is 13.1. The summed E-state index contributed by atoms with van der Waals surface area (Å²) in [6.07, 6.45) is 0. The van der Waals surface area contributed by atoms with Crippen molar-refractivity contribution in [2.45, 2.75) is 33.2 Å². The Bertz CT molecular complexity index is 995. The highest BCUT2D eigenvalue weighted by atomic mass is 32.1. The lowest BCUT2D eigenvalue weighted by molar-refractivity contribution is 0.0305. The summed E-state index contributed by atoms with van der Waals surface area (Å²) in [7, 11) is 0. The van der Waals surface area contributed by atoms with E-state index in [0.717, 1.165) is 32.6 Å². The lowest BCUT2D eigenvalue weighted by Gasteiger charge is -2.26. The van der Waals surface area contributed by atoms with Crippen LogP contribution in [0.1, 0.15) is 36.1 Å². The highest BCUT2D eigenvalue weighted by Gasteiger charge is 2.27. The van der Waals surface area contributed by atoms with Gasteiger partial charge in [0.05, 0.1) is 13.2 Å². The molecule has 0 spiro atoms. The minimum Gasteiger partial charge on any atom is -0.378 e. The smallest absolute Gasteiger partial charge is 0.266 e. The lowest BCUT2D eigenvalue weighted by atomic mass is 10.1. The molecule has 2 aromatic heterocycles. The molecule has 0 bridgehead atoms. The number of hydrogen-bond donors (Lipinski definition) is 1. The largest absolute Gasteiger partial charge is 0.378 e. The Morgan fingerprint density at radius 1 is 1.18 bits per heavy atom. The number of thiazole rings is 1. The molecule has 0 radical (unpaired) electrons. The molecule has 1 aliphatic rings. The van der Waals surface area contributed by atoms with Gasteiger partial charge in [0, 0.05) is 29.9 Å². The van der Waals surface area contributed by atoms with Crippen molar-refractivity contribution < 1.29 is 9.53 Å². The molecule has 1 N–H and O–H groups in total. The van der Waals surface area contributed by atoms with Crippen LogP contribution in [0.2, 0.25) is 0 Å². The zero-order valence-corrected chi connectivity index (χ0v) is 17.6. The molecule has 28 heavy (non-hydrogen) atoms. The number of anilines is 1. The van der Waals surface area contributed by atoms with Crippen molar-refractivity contribution in [3.05, 3.63) is 40.9 Å². The van der Waals surface area contributed by atoms with Gasteiger partial charge in [-0.25, -0.2) is 4.98 Å². The number of morpholine rings is 1. The summed E-state index contributed by atoms with van der Waals surface area (Å²) >= 11 is 1.46. The summed E-state index contributed by atoms with van der Waals surface area (Å²) in [5.74, 6) is 1.00. The molecule has 1 aromatic carbocycles. The fraction of sp³-hybridized carbons (Fsp3) is 0.429. The van der Waals surface area contributed by atoms with Gasteiger partial charge in [0.2, 0.25) is 0 Å². The van der Waals surface area contributed by atoms with Gasteiger partial charge in [-0.15, -0.1) is 0 Å². The van der Waals surface area contributed by atoms with Gasteiger partial charge in [0.1, 0.15) is 16.4 Å². The van der Waals surface area contributed by atoms with E-state index in [9.17, 15) is 4.79 Å². The number of rotatable bonds is 3. The summed E-state index contributed by atoms with van der Waals surface area (Å²) in [4.78, 5) is 21.4. The minimum absolute atomic E-state index is 0.0688. The molecule has 1 amide bonds. The molecule has 0 atom stereocenters. The van der Waals surface area contributed by atoms with Crippen molar-refractivity contribution in [1.29, 1.82) is 0 Å². The Morgan fingerprint density at radius 3 is 2.50 bits per heavy atom. The van der Waals surface area contributed by atoms with Crippen LogP contribution in [0, 0.1) is 6.92 Å². The molecular formula is C21H26N4O2S. The molecular weight excluding hydrogens is 372 g/mol. The van der Waals surface area contributed by atoms with Crippen molar-refractivity contribution in [2.24, 2.45) is 0 Å². The van der Waals surface area contributed by atoms with E-state index in [2.05, 4.69) is 42.6 Å². The predicted molar refractivity (Wildman–Crippen MR) is 113 cm³/mol. The van der Waals surface area contributed by atoms with E-state index in [1.54, 1.807) is 0 Å². The van der Waals surface area contributed by atoms with Crippen molar-refractivity contribution in [3.63, 3.8) is 0 Å². The number of hydrogen-bond acceptors (Lipinski definition) is 5. The number of amides is 1. The maximum Gasteiger partial charge on any atom is 0.266 e. The lowest BCUT2D eigenvalue weighted by Crippen LogP contribution is -2.40. The summed E-state index contributed by atoms with van der Waals surface area (Å²) < 4.78 is 7.47. The standard InChI is InChI=1S/C21H26N4O2S/c1-14-17(19(26)24-10-12-27-13-11-24)28-20-22-16(15-8-6-5-7-9-15)18(25(14)20)23-21(2,3)4/h5-9,23H,10-13H2,1-4H3. The maximum absolute atomic E-state index is 13.1. The number of nitrogens with zero attached hydrogens (tertiary/aromatic N) is 3. The fourth-order valence-electron chi connectivity index (χ4n) is 3.42. The van der Waals surface area contributed by atoms with Gasteiger partial charge in [-0.1, -0.05) is 41.7 Å². The molecule has 6 nitrogen and oxygen atoms in total. The number of fused-ring (bicyclic) bond motifs is 1. The molecule has 0 unspecified atom stereocenters. The average molecular weight is 399 g/mol. The number of aromatic nitrogens is 2.